The van der Waals surface area contributed by atoms with E-state index in [1.165, 1.54) is 10.7 Å². The van der Waals surface area contributed by atoms with Crippen LogP contribution >= 0.6 is 12.2 Å². The van der Waals surface area contributed by atoms with Crippen LogP contribution in [0.3, 0.4) is 0 Å². The minimum atomic E-state index is -3.51. The zero-order chi connectivity index (χ0) is 20.0. The van der Waals surface area contributed by atoms with Gasteiger partial charge in [-0.25, -0.2) is 8.42 Å². The fourth-order valence-corrected chi connectivity index (χ4v) is 4.88. The van der Waals surface area contributed by atoms with Crippen molar-refractivity contribution in [2.75, 3.05) is 12.4 Å². The summed E-state index contributed by atoms with van der Waals surface area (Å²) in [5, 5.41) is 5.73. The van der Waals surface area contributed by atoms with Gasteiger partial charge in [0.2, 0.25) is 15.9 Å². The molecular formula is C19H29N3O3S2. The van der Waals surface area contributed by atoms with Crippen LogP contribution in [0.25, 0.3) is 0 Å². The first-order chi connectivity index (χ1) is 12.7. The lowest BCUT2D eigenvalue weighted by molar-refractivity contribution is -0.120. The third-order valence-corrected chi connectivity index (χ3v) is 6.85. The second-order valence-corrected chi connectivity index (χ2v) is 9.84. The van der Waals surface area contributed by atoms with Crippen LogP contribution in [0.15, 0.2) is 29.2 Å². The molecule has 2 rings (SSSR count). The van der Waals surface area contributed by atoms with Gasteiger partial charge in [0.05, 0.1) is 4.90 Å². The van der Waals surface area contributed by atoms with E-state index in [9.17, 15) is 13.2 Å². The van der Waals surface area contributed by atoms with Gasteiger partial charge in [0.1, 0.15) is 0 Å². The number of carbonyl (C=O) groups excluding carboxylic acids is 1. The zero-order valence-electron chi connectivity index (χ0n) is 16.2. The lowest BCUT2D eigenvalue weighted by Crippen LogP contribution is -2.38. The molecule has 2 N–H and O–H groups in total. The molecule has 0 bridgehead atoms. The van der Waals surface area contributed by atoms with E-state index in [0.29, 0.717) is 12.1 Å². The first kappa shape index (κ1) is 21.8. The predicted octanol–water partition coefficient (Wildman–Crippen LogP) is 3.50. The van der Waals surface area contributed by atoms with Gasteiger partial charge >= 0.3 is 0 Å². The van der Waals surface area contributed by atoms with Crippen LogP contribution in [0.1, 0.15) is 52.4 Å². The highest BCUT2D eigenvalue weighted by Crippen LogP contribution is 2.26. The average molecular weight is 412 g/mol. The van der Waals surface area contributed by atoms with Gasteiger partial charge in [0, 0.05) is 25.2 Å². The van der Waals surface area contributed by atoms with Gasteiger partial charge in [-0.15, -0.1) is 0 Å². The second-order valence-electron chi connectivity index (χ2n) is 7.44. The van der Waals surface area contributed by atoms with Crippen molar-refractivity contribution in [1.82, 2.24) is 9.62 Å². The number of nitrogens with zero attached hydrogens (tertiary/aromatic N) is 1. The van der Waals surface area contributed by atoms with E-state index in [2.05, 4.69) is 10.6 Å². The van der Waals surface area contributed by atoms with E-state index < -0.39 is 10.0 Å². The Bertz CT molecular complexity index is 755. The third-order valence-electron chi connectivity index (χ3n) is 4.72. The summed E-state index contributed by atoms with van der Waals surface area (Å²) in [4.78, 5) is 12.0. The highest BCUT2D eigenvalue weighted by Gasteiger charge is 2.28. The Morgan fingerprint density at radius 2 is 1.78 bits per heavy atom. The quantitative estimate of drug-likeness (QED) is 0.701. The highest BCUT2D eigenvalue weighted by molar-refractivity contribution is 7.89. The standard InChI is InChI=1S/C19H29N3O3S2/c1-14(2)13-18(23)21-19(26)20-15-9-11-17(12-10-15)27(24,25)22(3)16-7-5-4-6-8-16/h9-12,14,16H,4-8,13H2,1-3H3,(H2,20,21,23,26). The Morgan fingerprint density at radius 1 is 1.19 bits per heavy atom. The van der Waals surface area contributed by atoms with Crippen molar-refractivity contribution in [3.05, 3.63) is 24.3 Å². The minimum Gasteiger partial charge on any atom is -0.332 e. The summed E-state index contributed by atoms with van der Waals surface area (Å²) >= 11 is 5.13. The lowest BCUT2D eigenvalue weighted by atomic mass is 9.96. The van der Waals surface area contributed by atoms with Gasteiger partial charge in [-0.1, -0.05) is 33.1 Å². The highest BCUT2D eigenvalue weighted by atomic mass is 32.2. The van der Waals surface area contributed by atoms with Crippen molar-refractivity contribution in [1.29, 1.82) is 0 Å². The Labute approximate surface area is 167 Å². The molecule has 8 heteroatoms. The number of carbonyl (C=O) groups is 1. The van der Waals surface area contributed by atoms with Crippen LogP contribution in [-0.4, -0.2) is 36.8 Å². The van der Waals surface area contributed by atoms with E-state index in [0.717, 1.165) is 25.7 Å². The zero-order valence-corrected chi connectivity index (χ0v) is 17.8. The van der Waals surface area contributed by atoms with Gasteiger partial charge < -0.3 is 10.6 Å². The van der Waals surface area contributed by atoms with Gasteiger partial charge in [-0.3, -0.25) is 4.79 Å². The molecule has 150 valence electrons. The first-order valence-electron chi connectivity index (χ1n) is 9.39. The Balaban J connectivity index is 1.99. The van der Waals surface area contributed by atoms with Crippen LogP contribution in [0.2, 0.25) is 0 Å². The number of nitrogens with one attached hydrogen (secondary N) is 2. The third kappa shape index (κ3) is 6.26. The van der Waals surface area contributed by atoms with Crippen LogP contribution in [0, 0.1) is 5.92 Å². The Kier molecular flexibility index (Phi) is 7.76. The normalized spacial score (nSPS) is 15.7. The maximum atomic E-state index is 12.8. The average Bonchev–Trinajstić information content (AvgIpc) is 2.61. The Hall–Kier alpha value is -1.51. The number of anilines is 1. The molecule has 0 aromatic heterocycles. The maximum absolute atomic E-state index is 12.8. The molecule has 1 saturated carbocycles. The molecule has 0 atom stereocenters. The van der Waals surface area contributed by atoms with E-state index in [1.54, 1.807) is 31.3 Å². The van der Waals surface area contributed by atoms with Crippen molar-refractivity contribution < 1.29 is 13.2 Å². The van der Waals surface area contributed by atoms with Gasteiger partial charge in [0.25, 0.3) is 0 Å². The van der Waals surface area contributed by atoms with E-state index in [-0.39, 0.29) is 27.9 Å². The summed E-state index contributed by atoms with van der Waals surface area (Å²) in [6, 6.07) is 6.51. The SMILES string of the molecule is CC(C)CC(=O)NC(=S)Nc1ccc(S(=O)(=O)N(C)C2CCCCC2)cc1. The van der Waals surface area contributed by atoms with Gasteiger partial charge in [-0.2, -0.15) is 4.31 Å². The van der Waals surface area contributed by atoms with Gasteiger partial charge in [-0.05, 0) is 55.2 Å². The lowest BCUT2D eigenvalue weighted by Gasteiger charge is -2.30. The van der Waals surface area contributed by atoms with Crippen LogP contribution in [0.5, 0.6) is 0 Å². The summed E-state index contributed by atoms with van der Waals surface area (Å²) in [6.07, 6.45) is 5.56. The van der Waals surface area contributed by atoms with E-state index in [1.807, 2.05) is 13.8 Å². The molecule has 1 aromatic carbocycles. The van der Waals surface area contributed by atoms with Crippen LogP contribution in [0.4, 0.5) is 5.69 Å². The van der Waals surface area contributed by atoms with Crippen molar-refractivity contribution in [3.8, 4) is 0 Å². The predicted molar refractivity (Wildman–Crippen MR) is 112 cm³/mol. The van der Waals surface area contributed by atoms with E-state index >= 15 is 0 Å². The number of benzene rings is 1. The van der Waals surface area contributed by atoms with Crippen LogP contribution in [-0.2, 0) is 14.8 Å². The minimum absolute atomic E-state index is 0.0744. The number of hydrogen-bond donors (Lipinski definition) is 2. The molecule has 27 heavy (non-hydrogen) atoms. The first-order valence-corrected chi connectivity index (χ1v) is 11.2. The fraction of sp³-hybridized carbons (Fsp3) is 0.579. The molecule has 0 saturated heterocycles. The molecule has 1 aliphatic carbocycles. The Morgan fingerprint density at radius 3 is 2.33 bits per heavy atom. The van der Waals surface area contributed by atoms with Gasteiger partial charge in [0.15, 0.2) is 5.11 Å². The van der Waals surface area contributed by atoms with Crippen molar-refractivity contribution in [2.24, 2.45) is 5.92 Å². The number of sulfonamides is 1. The summed E-state index contributed by atoms with van der Waals surface area (Å²) in [5.74, 6) is 0.106. The molecule has 0 aliphatic heterocycles. The molecule has 1 aromatic rings. The molecule has 0 spiro atoms. The second kappa shape index (κ2) is 9.61. The molecule has 6 nitrogen and oxygen atoms in total. The number of rotatable bonds is 6. The monoisotopic (exact) mass is 411 g/mol. The van der Waals surface area contributed by atoms with E-state index in [4.69, 9.17) is 12.2 Å². The molecule has 0 radical (unpaired) electrons. The topological polar surface area (TPSA) is 78.5 Å². The summed E-state index contributed by atoms with van der Waals surface area (Å²) in [7, 11) is -1.85. The van der Waals surface area contributed by atoms with Crippen molar-refractivity contribution in [2.45, 2.75) is 63.3 Å². The summed E-state index contributed by atoms with van der Waals surface area (Å²) in [6.45, 7) is 3.92. The molecular weight excluding hydrogens is 382 g/mol. The molecule has 1 fully saturated rings. The van der Waals surface area contributed by atoms with Crippen LogP contribution < -0.4 is 10.6 Å². The summed E-state index contributed by atoms with van der Waals surface area (Å²) in [5.41, 5.74) is 0.629. The number of amides is 1. The fourth-order valence-electron chi connectivity index (χ4n) is 3.23. The summed E-state index contributed by atoms with van der Waals surface area (Å²) < 4.78 is 27.2. The largest absolute Gasteiger partial charge is 0.332 e. The maximum Gasteiger partial charge on any atom is 0.243 e. The van der Waals surface area contributed by atoms with Crippen molar-refractivity contribution in [3.63, 3.8) is 0 Å². The molecule has 0 heterocycles. The molecule has 1 amide bonds. The molecule has 0 unspecified atom stereocenters. The number of hydrogen-bond acceptors (Lipinski definition) is 4. The smallest absolute Gasteiger partial charge is 0.243 e. The van der Waals surface area contributed by atoms with Crippen molar-refractivity contribution >= 4 is 38.9 Å². The molecule has 1 aliphatic rings. The number of thiocarbonyl (C=S) groups is 1.